The van der Waals surface area contributed by atoms with Gasteiger partial charge in [0.05, 0.1) is 17.6 Å². The van der Waals surface area contributed by atoms with E-state index in [1.165, 1.54) is 28.9 Å². The fraction of sp³-hybridized carbons (Fsp3) is 0.462. The van der Waals surface area contributed by atoms with Crippen molar-refractivity contribution >= 4 is 22.8 Å². The number of ether oxygens (including phenoxy) is 1. The first-order valence-electron chi connectivity index (χ1n) is 6.54. The first-order valence-corrected chi connectivity index (χ1v) is 7.77. The average Bonchev–Trinajstić information content (AvgIpc) is 3.06. The Morgan fingerprint density at radius 3 is 2.77 bits per heavy atom. The van der Waals surface area contributed by atoms with Gasteiger partial charge < -0.3 is 24.6 Å². The highest BCUT2D eigenvalue weighted by atomic mass is 32.2. The number of thioether (sulfide) groups is 1. The summed E-state index contributed by atoms with van der Waals surface area (Å²) in [7, 11) is 0. The zero-order chi connectivity index (χ0) is 15.9. The standard InChI is InChI=1S/C13H14N4O4S/c1-22-12-8-6(2-14)3-17(11(8)15-5-16-12)13-10(20)9(19)7(4-18)21-13/h3,5,7,9-10,13,18-20H,4H2,1H3/t7-,9-,10-,13-/m1/s1. The summed E-state index contributed by atoms with van der Waals surface area (Å²) in [5.74, 6) is 0. The van der Waals surface area contributed by atoms with Crippen LogP contribution in [-0.2, 0) is 4.74 Å². The monoisotopic (exact) mass is 322 g/mol. The zero-order valence-electron chi connectivity index (χ0n) is 11.6. The molecule has 22 heavy (non-hydrogen) atoms. The lowest BCUT2D eigenvalue weighted by Crippen LogP contribution is -2.33. The molecule has 1 saturated heterocycles. The highest BCUT2D eigenvalue weighted by Gasteiger charge is 2.44. The Labute approximate surface area is 130 Å². The van der Waals surface area contributed by atoms with Crippen molar-refractivity contribution in [2.24, 2.45) is 0 Å². The Balaban J connectivity index is 2.15. The van der Waals surface area contributed by atoms with Crippen LogP contribution in [0.1, 0.15) is 11.8 Å². The maximum absolute atomic E-state index is 10.1. The Morgan fingerprint density at radius 1 is 1.41 bits per heavy atom. The molecular weight excluding hydrogens is 308 g/mol. The van der Waals surface area contributed by atoms with Gasteiger partial charge in [-0.25, -0.2) is 9.97 Å². The zero-order valence-corrected chi connectivity index (χ0v) is 12.4. The highest BCUT2D eigenvalue weighted by Crippen LogP contribution is 2.35. The lowest BCUT2D eigenvalue weighted by molar-refractivity contribution is -0.0508. The highest BCUT2D eigenvalue weighted by molar-refractivity contribution is 7.98. The number of rotatable bonds is 3. The van der Waals surface area contributed by atoms with Gasteiger partial charge in [0.15, 0.2) is 6.23 Å². The van der Waals surface area contributed by atoms with E-state index in [9.17, 15) is 20.6 Å². The van der Waals surface area contributed by atoms with Crippen LogP contribution < -0.4 is 0 Å². The van der Waals surface area contributed by atoms with Gasteiger partial charge in [-0.15, -0.1) is 11.8 Å². The lowest BCUT2D eigenvalue weighted by atomic mass is 10.1. The van der Waals surface area contributed by atoms with Crippen molar-refractivity contribution in [3.05, 3.63) is 18.1 Å². The van der Waals surface area contributed by atoms with Gasteiger partial charge in [-0.3, -0.25) is 0 Å². The molecule has 1 aliphatic rings. The van der Waals surface area contributed by atoms with Gasteiger partial charge >= 0.3 is 0 Å². The molecule has 3 N–H and O–H groups in total. The summed E-state index contributed by atoms with van der Waals surface area (Å²) in [5, 5.41) is 39.7. The van der Waals surface area contributed by atoms with Gasteiger partial charge in [0.2, 0.25) is 0 Å². The van der Waals surface area contributed by atoms with Crippen molar-refractivity contribution in [3.8, 4) is 6.07 Å². The number of hydrogen-bond donors (Lipinski definition) is 3. The van der Waals surface area contributed by atoms with E-state index >= 15 is 0 Å². The van der Waals surface area contributed by atoms with Crippen molar-refractivity contribution < 1.29 is 20.1 Å². The van der Waals surface area contributed by atoms with Crippen LogP contribution in [-0.4, -0.2) is 61.0 Å². The molecule has 8 nitrogen and oxygen atoms in total. The maximum Gasteiger partial charge on any atom is 0.164 e. The Morgan fingerprint density at radius 2 is 2.18 bits per heavy atom. The largest absolute Gasteiger partial charge is 0.394 e. The number of nitrogens with zero attached hydrogens (tertiary/aromatic N) is 4. The Bertz CT molecular complexity index is 743. The van der Waals surface area contributed by atoms with Crippen LogP contribution in [0.25, 0.3) is 11.0 Å². The third-order valence-electron chi connectivity index (χ3n) is 3.68. The van der Waals surface area contributed by atoms with Crippen LogP contribution in [0.4, 0.5) is 0 Å². The first-order chi connectivity index (χ1) is 10.6. The summed E-state index contributed by atoms with van der Waals surface area (Å²) in [5.41, 5.74) is 0.795. The fourth-order valence-corrected chi connectivity index (χ4v) is 3.16. The van der Waals surface area contributed by atoms with Crippen LogP contribution in [0.3, 0.4) is 0 Å². The van der Waals surface area contributed by atoms with Crippen LogP contribution in [0.5, 0.6) is 0 Å². The first kappa shape index (κ1) is 15.2. The van der Waals surface area contributed by atoms with Crippen molar-refractivity contribution in [1.29, 1.82) is 5.26 Å². The lowest BCUT2D eigenvalue weighted by Gasteiger charge is -2.17. The van der Waals surface area contributed by atoms with Crippen molar-refractivity contribution in [1.82, 2.24) is 14.5 Å². The molecule has 4 atom stereocenters. The minimum atomic E-state index is -1.23. The van der Waals surface area contributed by atoms with Crippen LogP contribution in [0.2, 0.25) is 0 Å². The topological polar surface area (TPSA) is 124 Å². The van der Waals surface area contributed by atoms with Gasteiger partial charge in [0.1, 0.15) is 41.4 Å². The molecule has 3 heterocycles. The van der Waals surface area contributed by atoms with Crippen LogP contribution in [0, 0.1) is 11.3 Å². The quantitative estimate of drug-likeness (QED) is 0.517. The molecule has 0 unspecified atom stereocenters. The van der Waals surface area contributed by atoms with E-state index < -0.39 is 31.1 Å². The van der Waals surface area contributed by atoms with Crippen LogP contribution in [0.15, 0.2) is 17.6 Å². The molecule has 0 aromatic carbocycles. The predicted octanol–water partition coefficient (Wildman–Crippen LogP) is -0.364. The van der Waals surface area contributed by atoms with Crippen LogP contribution >= 0.6 is 11.8 Å². The van der Waals surface area contributed by atoms with Gasteiger partial charge in [0, 0.05) is 6.20 Å². The molecule has 2 aromatic rings. The summed E-state index contributed by atoms with van der Waals surface area (Å²) in [6.07, 6.45) is 0.470. The summed E-state index contributed by atoms with van der Waals surface area (Å²) < 4.78 is 7.00. The molecular formula is C13H14N4O4S. The van der Waals surface area contributed by atoms with E-state index in [0.717, 1.165) is 0 Å². The molecule has 3 rings (SSSR count). The second-order valence-corrected chi connectivity index (χ2v) is 5.67. The molecule has 0 saturated carbocycles. The molecule has 9 heteroatoms. The molecule has 116 valence electrons. The number of aliphatic hydroxyl groups is 3. The van der Waals surface area contributed by atoms with E-state index in [2.05, 4.69) is 16.0 Å². The predicted molar refractivity (Wildman–Crippen MR) is 77.0 cm³/mol. The van der Waals surface area contributed by atoms with Crippen molar-refractivity contribution in [2.45, 2.75) is 29.6 Å². The SMILES string of the molecule is CSc1ncnc2c1c(C#N)cn2[C@@H]1O[C@H](CO)[C@@H](O)[C@H]1O. The Kier molecular flexibility index (Phi) is 4.03. The minimum absolute atomic E-state index is 0.359. The molecule has 1 fully saturated rings. The minimum Gasteiger partial charge on any atom is -0.394 e. The maximum atomic E-state index is 10.1. The van der Waals surface area contributed by atoms with E-state index in [1.54, 1.807) is 0 Å². The number of aromatic nitrogens is 3. The summed E-state index contributed by atoms with van der Waals surface area (Å²) in [4.78, 5) is 8.30. The third kappa shape index (κ3) is 2.16. The van der Waals surface area contributed by atoms with E-state index in [4.69, 9.17) is 4.74 Å². The smallest absolute Gasteiger partial charge is 0.164 e. The van der Waals surface area contributed by atoms with Gasteiger partial charge in [0.25, 0.3) is 0 Å². The van der Waals surface area contributed by atoms with Crippen molar-refractivity contribution in [3.63, 3.8) is 0 Å². The average molecular weight is 322 g/mol. The normalized spacial score (nSPS) is 28.1. The molecule has 2 aromatic heterocycles. The van der Waals surface area contributed by atoms with E-state index in [0.29, 0.717) is 21.6 Å². The second-order valence-electron chi connectivity index (χ2n) is 4.87. The molecule has 1 aliphatic heterocycles. The molecule has 0 spiro atoms. The third-order valence-corrected chi connectivity index (χ3v) is 4.38. The van der Waals surface area contributed by atoms with E-state index in [1.807, 2.05) is 6.26 Å². The van der Waals surface area contributed by atoms with Gasteiger partial charge in [-0.05, 0) is 6.26 Å². The van der Waals surface area contributed by atoms with Crippen molar-refractivity contribution in [2.75, 3.05) is 12.9 Å². The molecule has 0 radical (unpaired) electrons. The van der Waals surface area contributed by atoms with E-state index in [-0.39, 0.29) is 0 Å². The Hall–Kier alpha value is -1.70. The fourth-order valence-electron chi connectivity index (χ4n) is 2.60. The number of hydrogen-bond acceptors (Lipinski definition) is 8. The summed E-state index contributed by atoms with van der Waals surface area (Å²) in [6.45, 7) is -0.413. The van der Waals surface area contributed by atoms with Gasteiger partial charge in [-0.2, -0.15) is 5.26 Å². The molecule has 0 aliphatic carbocycles. The second kappa shape index (κ2) is 5.83. The molecule has 0 bridgehead atoms. The molecule has 0 amide bonds. The summed E-state index contributed by atoms with van der Waals surface area (Å²) in [6, 6.07) is 2.08. The number of aliphatic hydroxyl groups excluding tert-OH is 3. The van der Waals surface area contributed by atoms with Gasteiger partial charge in [-0.1, -0.05) is 0 Å². The summed E-state index contributed by atoms with van der Waals surface area (Å²) >= 11 is 1.38. The number of fused-ring (bicyclic) bond motifs is 1. The number of nitriles is 1.